The predicted molar refractivity (Wildman–Crippen MR) is 224 cm³/mol. The van der Waals surface area contributed by atoms with Crippen LogP contribution in [0.4, 0.5) is 17.1 Å². The lowest BCUT2D eigenvalue weighted by molar-refractivity contribution is 0.431. The number of ether oxygens (including phenoxy) is 1. The van der Waals surface area contributed by atoms with Gasteiger partial charge in [0.15, 0.2) is 0 Å². The van der Waals surface area contributed by atoms with Crippen molar-refractivity contribution in [3.8, 4) is 22.6 Å². The van der Waals surface area contributed by atoms with Crippen molar-refractivity contribution in [2.45, 2.75) is 15.2 Å². The van der Waals surface area contributed by atoms with Gasteiger partial charge in [-0.05, 0) is 93.0 Å². The van der Waals surface area contributed by atoms with Gasteiger partial charge >= 0.3 is 0 Å². The van der Waals surface area contributed by atoms with Crippen LogP contribution in [0, 0.1) is 0 Å². The van der Waals surface area contributed by atoms with E-state index in [-0.39, 0.29) is 0 Å². The zero-order chi connectivity index (χ0) is 35.6. The quantitative estimate of drug-likeness (QED) is 0.169. The van der Waals surface area contributed by atoms with E-state index in [0.29, 0.717) is 0 Å². The third-order valence-corrected chi connectivity index (χ3v) is 12.3. The summed E-state index contributed by atoms with van der Waals surface area (Å²) in [5, 5.41) is 4.88. The second kappa shape index (κ2) is 12.3. The van der Waals surface area contributed by atoms with Crippen LogP contribution in [0.5, 0.6) is 11.5 Å². The molecule has 0 aromatic heterocycles. The highest BCUT2D eigenvalue weighted by atomic mass is 32.2. The maximum Gasteiger partial charge on any atom is 0.132 e. The zero-order valence-corrected chi connectivity index (χ0v) is 30.1. The normalized spacial score (nSPS) is 13.4. The molecule has 1 spiro atoms. The molecule has 0 bridgehead atoms. The molecule has 0 N–H and O–H groups in total. The summed E-state index contributed by atoms with van der Waals surface area (Å²) >= 11 is 1.85. The molecule has 2 aliphatic heterocycles. The first-order valence-corrected chi connectivity index (χ1v) is 19.2. The number of hydrogen-bond acceptors (Lipinski definition) is 3. The average molecular weight is 708 g/mol. The molecule has 3 heteroatoms. The van der Waals surface area contributed by atoms with Gasteiger partial charge in [0.25, 0.3) is 0 Å². The van der Waals surface area contributed by atoms with Crippen LogP contribution in [-0.4, -0.2) is 0 Å². The first-order chi connectivity index (χ1) is 26.8. The molecular weight excluding hydrogens is 675 g/mol. The number of hydrogen-bond donors (Lipinski definition) is 0. The number of para-hydroxylation sites is 1. The minimum absolute atomic E-state index is 0.590. The molecule has 11 rings (SSSR count). The zero-order valence-electron chi connectivity index (χ0n) is 29.3. The van der Waals surface area contributed by atoms with Crippen LogP contribution in [0.25, 0.3) is 32.7 Å². The van der Waals surface area contributed by atoms with Crippen molar-refractivity contribution < 1.29 is 4.74 Å². The lowest BCUT2D eigenvalue weighted by Crippen LogP contribution is -2.36. The Balaban J connectivity index is 1.21. The van der Waals surface area contributed by atoms with E-state index in [9.17, 15) is 0 Å². The Hall–Kier alpha value is -6.55. The molecule has 9 aromatic rings. The van der Waals surface area contributed by atoms with Crippen molar-refractivity contribution in [3.63, 3.8) is 0 Å². The minimum Gasteiger partial charge on any atom is -0.457 e. The highest BCUT2D eigenvalue weighted by Crippen LogP contribution is 2.62. The summed E-state index contributed by atoms with van der Waals surface area (Å²) in [7, 11) is 0. The van der Waals surface area contributed by atoms with E-state index in [1.54, 1.807) is 0 Å². The lowest BCUT2D eigenvalue weighted by atomic mass is 9.63. The van der Waals surface area contributed by atoms with E-state index in [1.807, 2.05) is 11.8 Å². The monoisotopic (exact) mass is 707 g/mol. The third kappa shape index (κ3) is 4.62. The Labute approximate surface area is 318 Å². The summed E-state index contributed by atoms with van der Waals surface area (Å²) in [5.41, 5.74) is 9.92. The summed E-state index contributed by atoms with van der Waals surface area (Å²) in [6, 6.07) is 72.7. The first-order valence-electron chi connectivity index (χ1n) is 18.4. The van der Waals surface area contributed by atoms with Crippen LogP contribution in [0.1, 0.15) is 22.3 Å². The van der Waals surface area contributed by atoms with Crippen molar-refractivity contribution in [1.29, 1.82) is 0 Å². The summed E-state index contributed by atoms with van der Waals surface area (Å²) in [6.07, 6.45) is 0. The van der Waals surface area contributed by atoms with Crippen molar-refractivity contribution in [1.82, 2.24) is 0 Å². The maximum absolute atomic E-state index is 6.85. The van der Waals surface area contributed by atoms with E-state index in [0.717, 1.165) is 39.7 Å². The van der Waals surface area contributed by atoms with Crippen LogP contribution in [0.3, 0.4) is 0 Å². The molecule has 254 valence electrons. The summed E-state index contributed by atoms with van der Waals surface area (Å²) < 4.78 is 6.85. The molecule has 0 aliphatic carbocycles. The highest BCUT2D eigenvalue weighted by Gasteiger charge is 2.49. The maximum atomic E-state index is 6.85. The summed E-state index contributed by atoms with van der Waals surface area (Å²) in [5.74, 6) is 1.76. The molecule has 0 unspecified atom stereocenters. The SMILES string of the molecule is c1ccc(-c2ccc(N(c3ccc4c(c3)C3(c5ccccc5O4)c4ccccc4Sc4ccccc43)c3cc4ccccc4c4ccccc34)cc2)cc1. The van der Waals surface area contributed by atoms with Crippen LogP contribution in [-0.2, 0) is 5.41 Å². The summed E-state index contributed by atoms with van der Waals surface area (Å²) in [6.45, 7) is 0. The standard InChI is InChI=1S/C51H33NOS/c1-2-14-34(15-3-1)35-26-28-37(29-27-35)52(46-32-36-16-4-5-17-39(36)40-18-6-7-19-41(40)46)38-30-31-48-45(33-38)51(42-20-8-11-23-47(42)53-48)43-21-9-12-24-49(43)54-50-25-13-10-22-44(50)51/h1-33H. The van der Waals surface area contributed by atoms with E-state index in [2.05, 4.69) is 205 Å². The van der Waals surface area contributed by atoms with Crippen LogP contribution in [0.15, 0.2) is 210 Å². The molecule has 0 radical (unpaired) electrons. The van der Waals surface area contributed by atoms with Crippen LogP contribution < -0.4 is 9.64 Å². The third-order valence-electron chi connectivity index (χ3n) is 11.2. The van der Waals surface area contributed by atoms with Crippen LogP contribution >= 0.6 is 11.8 Å². The number of nitrogens with zero attached hydrogens (tertiary/aromatic N) is 1. The van der Waals surface area contributed by atoms with Gasteiger partial charge in [-0.3, -0.25) is 0 Å². The molecule has 0 atom stereocenters. The summed E-state index contributed by atoms with van der Waals surface area (Å²) in [4.78, 5) is 4.96. The smallest absolute Gasteiger partial charge is 0.132 e. The largest absolute Gasteiger partial charge is 0.457 e. The van der Waals surface area contributed by atoms with Gasteiger partial charge in [-0.15, -0.1) is 0 Å². The van der Waals surface area contributed by atoms with E-state index in [1.165, 1.54) is 53.6 Å². The predicted octanol–water partition coefficient (Wildman–Crippen LogP) is 14.1. The molecule has 2 nitrogen and oxygen atoms in total. The molecule has 0 fully saturated rings. The van der Waals surface area contributed by atoms with Crippen LogP contribution in [0.2, 0.25) is 0 Å². The van der Waals surface area contributed by atoms with Gasteiger partial charge in [-0.1, -0.05) is 157 Å². The number of benzene rings is 9. The van der Waals surface area contributed by atoms with E-state index in [4.69, 9.17) is 4.74 Å². The second-order valence-electron chi connectivity index (χ2n) is 14.0. The molecular formula is C51H33NOS. The van der Waals surface area contributed by atoms with Gasteiger partial charge in [0, 0.05) is 37.7 Å². The fourth-order valence-electron chi connectivity index (χ4n) is 8.82. The van der Waals surface area contributed by atoms with Gasteiger partial charge in [0.1, 0.15) is 11.5 Å². The van der Waals surface area contributed by atoms with Gasteiger partial charge in [0.2, 0.25) is 0 Å². The van der Waals surface area contributed by atoms with Gasteiger partial charge < -0.3 is 9.64 Å². The Morgan fingerprint density at radius 1 is 0.389 bits per heavy atom. The molecule has 0 saturated heterocycles. The van der Waals surface area contributed by atoms with Crippen molar-refractivity contribution >= 4 is 50.4 Å². The second-order valence-corrected chi connectivity index (χ2v) is 15.1. The first kappa shape index (κ1) is 31.0. The van der Waals surface area contributed by atoms with E-state index < -0.39 is 5.41 Å². The fourth-order valence-corrected chi connectivity index (χ4v) is 10.0. The highest BCUT2D eigenvalue weighted by molar-refractivity contribution is 7.99. The molecule has 2 heterocycles. The van der Waals surface area contributed by atoms with Crippen molar-refractivity contribution in [2.75, 3.05) is 4.90 Å². The Kier molecular flexibility index (Phi) is 7.05. The number of rotatable bonds is 4. The van der Waals surface area contributed by atoms with Gasteiger partial charge in [-0.2, -0.15) is 0 Å². The number of fused-ring (bicyclic) bond motifs is 11. The Bertz CT molecular complexity index is 2790. The number of anilines is 3. The Morgan fingerprint density at radius 2 is 0.944 bits per heavy atom. The topological polar surface area (TPSA) is 12.5 Å². The molecule has 0 amide bonds. The van der Waals surface area contributed by atoms with Crippen molar-refractivity contribution in [2.24, 2.45) is 0 Å². The lowest BCUT2D eigenvalue weighted by Gasteiger charge is -2.45. The average Bonchev–Trinajstić information content (AvgIpc) is 3.24. The molecule has 2 aliphatic rings. The molecule has 0 saturated carbocycles. The fraction of sp³-hybridized carbons (Fsp3) is 0.0196. The van der Waals surface area contributed by atoms with Gasteiger partial charge in [-0.25, -0.2) is 0 Å². The van der Waals surface area contributed by atoms with Gasteiger partial charge in [0.05, 0.1) is 11.1 Å². The van der Waals surface area contributed by atoms with Crippen molar-refractivity contribution in [3.05, 3.63) is 222 Å². The van der Waals surface area contributed by atoms with E-state index >= 15 is 0 Å². The molecule has 54 heavy (non-hydrogen) atoms. The Morgan fingerprint density at radius 3 is 1.70 bits per heavy atom. The molecule has 9 aromatic carbocycles. The minimum atomic E-state index is -0.590.